The second-order valence-corrected chi connectivity index (χ2v) is 9.11. The van der Waals surface area contributed by atoms with Gasteiger partial charge in [-0.15, -0.1) is 6.58 Å². The van der Waals surface area contributed by atoms with Gasteiger partial charge in [-0.2, -0.15) is 0 Å². The molecule has 0 amide bonds. The van der Waals surface area contributed by atoms with Crippen LogP contribution in [0.25, 0.3) is 0 Å². The molecule has 0 radical (unpaired) electrons. The third kappa shape index (κ3) is 5.79. The Bertz CT molecular complexity index is 922. The molecule has 0 heterocycles. The highest BCUT2D eigenvalue weighted by atomic mass is 35.5. The fourth-order valence-corrected chi connectivity index (χ4v) is 5.02. The summed E-state index contributed by atoms with van der Waals surface area (Å²) in [4.78, 5) is 2.56. The highest BCUT2D eigenvalue weighted by Gasteiger charge is 2.39. The van der Waals surface area contributed by atoms with E-state index in [4.69, 9.17) is 16.5 Å². The lowest BCUT2D eigenvalue weighted by molar-refractivity contribution is 0.380. The lowest BCUT2D eigenvalue weighted by atomic mass is 9.88. The third-order valence-electron chi connectivity index (χ3n) is 4.81. The molecule has 2 rings (SSSR count). The van der Waals surface area contributed by atoms with Gasteiger partial charge in [0, 0.05) is 19.2 Å². The second-order valence-electron chi connectivity index (χ2n) is 6.84. The first-order valence-electron chi connectivity index (χ1n) is 9.08. The van der Waals surface area contributed by atoms with Crippen molar-refractivity contribution in [2.75, 3.05) is 19.9 Å². The number of allylic oxidation sites excluding steroid dienone is 1. The minimum atomic E-state index is -3.79. The molecule has 0 aliphatic rings. The van der Waals surface area contributed by atoms with Gasteiger partial charge >= 0.3 is 0 Å². The van der Waals surface area contributed by atoms with Crippen molar-refractivity contribution in [2.24, 2.45) is 0 Å². The van der Waals surface area contributed by atoms with Crippen LogP contribution in [0.2, 0.25) is 0 Å². The van der Waals surface area contributed by atoms with E-state index < -0.39 is 27.1 Å². The zero-order valence-electron chi connectivity index (χ0n) is 16.6. The normalized spacial score (nSPS) is 13.8. The Morgan fingerprint density at radius 3 is 2.45 bits per heavy atom. The first-order chi connectivity index (χ1) is 13.8. The maximum atomic E-state index is 14.5. The molecule has 0 saturated carbocycles. The summed E-state index contributed by atoms with van der Waals surface area (Å²) in [6.07, 6.45) is 2.39. The summed E-state index contributed by atoms with van der Waals surface area (Å²) in [5, 5.41) is 0. The third-order valence-corrected chi connectivity index (χ3v) is 7.11. The van der Waals surface area contributed by atoms with Crippen molar-refractivity contribution in [3.63, 3.8) is 0 Å². The second kappa shape index (κ2) is 10.2. The largest absolute Gasteiger partial charge is 0.497 e. The quantitative estimate of drug-likeness (QED) is 0.420. The van der Waals surface area contributed by atoms with Gasteiger partial charge in [0.2, 0.25) is 10.0 Å². The number of rotatable bonds is 11. The van der Waals surface area contributed by atoms with Crippen LogP contribution in [0.3, 0.4) is 0 Å². The molecular weight excluding hydrogens is 415 g/mol. The Morgan fingerprint density at radius 2 is 1.90 bits per heavy atom. The zero-order valence-corrected chi connectivity index (χ0v) is 18.1. The maximum absolute atomic E-state index is 14.5. The zero-order chi connectivity index (χ0) is 21.5. The first kappa shape index (κ1) is 23.3. The van der Waals surface area contributed by atoms with Crippen LogP contribution in [0.5, 0.6) is 5.75 Å². The molecule has 1 atom stereocenters. The predicted octanol–water partition coefficient (Wildman–Crippen LogP) is 4.20. The summed E-state index contributed by atoms with van der Waals surface area (Å²) >= 11 is 6.02. The molecule has 1 N–H and O–H groups in total. The lowest BCUT2D eigenvalue weighted by Gasteiger charge is -2.34. The van der Waals surface area contributed by atoms with Crippen molar-refractivity contribution in [3.8, 4) is 5.75 Å². The number of benzene rings is 2. The molecule has 0 aliphatic carbocycles. The number of methoxy groups -OCH3 is 1. The first-order valence-corrected chi connectivity index (χ1v) is 11.1. The Morgan fingerprint density at radius 1 is 1.24 bits per heavy atom. The molecule has 2 aromatic rings. The summed E-state index contributed by atoms with van der Waals surface area (Å²) in [6, 6.07) is 13.2. The molecule has 2 aromatic carbocycles. The van der Waals surface area contributed by atoms with E-state index >= 15 is 0 Å². The van der Waals surface area contributed by atoms with E-state index in [9.17, 15) is 12.8 Å². The highest BCUT2D eigenvalue weighted by molar-refractivity contribution is 7.89. The summed E-state index contributed by atoms with van der Waals surface area (Å²) in [6.45, 7) is 3.85. The molecule has 0 aromatic heterocycles. The fraction of sp³-hybridized carbons (Fsp3) is 0.333. The average Bonchev–Trinajstić information content (AvgIpc) is 2.72. The van der Waals surface area contributed by atoms with Crippen LogP contribution in [0.4, 0.5) is 4.39 Å². The van der Waals surface area contributed by atoms with Crippen LogP contribution in [-0.4, -0.2) is 32.6 Å². The van der Waals surface area contributed by atoms with Gasteiger partial charge in [-0.25, -0.2) is 21.9 Å². The van der Waals surface area contributed by atoms with E-state index in [-0.39, 0.29) is 18.5 Å². The van der Waals surface area contributed by atoms with E-state index in [0.717, 1.165) is 5.56 Å². The number of hydrogen-bond donors (Lipinski definition) is 1. The van der Waals surface area contributed by atoms with Crippen molar-refractivity contribution in [1.82, 2.24) is 9.14 Å². The number of nitrogens with zero attached hydrogens (tertiary/aromatic N) is 1. The molecule has 8 heteroatoms. The van der Waals surface area contributed by atoms with E-state index in [1.165, 1.54) is 17.4 Å². The minimum absolute atomic E-state index is 0.170. The van der Waals surface area contributed by atoms with Crippen molar-refractivity contribution in [1.29, 1.82) is 0 Å². The average molecular weight is 441 g/mol. The van der Waals surface area contributed by atoms with Crippen molar-refractivity contribution in [2.45, 2.75) is 24.9 Å². The van der Waals surface area contributed by atoms with Gasteiger partial charge in [0.25, 0.3) is 0 Å². The van der Waals surface area contributed by atoms with Crippen molar-refractivity contribution in [3.05, 3.63) is 78.1 Å². The number of halogens is 2. The molecule has 0 spiro atoms. The molecular formula is C21H26ClFN2O3S. The molecule has 0 bridgehead atoms. The molecule has 1 unspecified atom stereocenters. The minimum Gasteiger partial charge on any atom is -0.497 e. The maximum Gasteiger partial charge on any atom is 0.216 e. The number of nitrogens with one attached hydrogen (secondary N) is 1. The van der Waals surface area contributed by atoms with Gasteiger partial charge < -0.3 is 4.74 Å². The van der Waals surface area contributed by atoms with Gasteiger partial charge in [0.15, 0.2) is 0 Å². The Kier molecular flexibility index (Phi) is 8.22. The fourth-order valence-electron chi connectivity index (χ4n) is 3.12. The summed E-state index contributed by atoms with van der Waals surface area (Å²) in [7, 11) is -0.726. The van der Waals surface area contributed by atoms with Gasteiger partial charge in [0.1, 0.15) is 11.6 Å². The van der Waals surface area contributed by atoms with E-state index in [0.29, 0.717) is 12.2 Å². The topological polar surface area (TPSA) is 58.6 Å². The summed E-state index contributed by atoms with van der Waals surface area (Å²) < 4.78 is 47.2. The van der Waals surface area contributed by atoms with Crippen molar-refractivity contribution >= 4 is 21.8 Å². The number of ether oxygens (including phenoxy) is 1. The predicted molar refractivity (Wildman–Crippen MR) is 115 cm³/mol. The van der Waals surface area contributed by atoms with Crippen LogP contribution in [0.15, 0.2) is 61.2 Å². The van der Waals surface area contributed by atoms with Gasteiger partial charge in [0.05, 0.1) is 18.4 Å². The molecule has 29 heavy (non-hydrogen) atoms. The summed E-state index contributed by atoms with van der Waals surface area (Å²) in [5.74, 6) is -0.225. The van der Waals surface area contributed by atoms with Crippen LogP contribution in [0.1, 0.15) is 24.0 Å². The molecule has 158 valence electrons. The molecule has 5 nitrogen and oxygen atoms in total. The summed E-state index contributed by atoms with van der Waals surface area (Å²) in [5.41, 5.74) is -0.287. The van der Waals surface area contributed by atoms with Crippen LogP contribution < -0.4 is 9.57 Å². The highest BCUT2D eigenvalue weighted by Crippen LogP contribution is 2.32. The standard InChI is InChI=1S/C21H26ClFN2O3S/c1-4-5-14-21(24-22,19-8-6-7-9-20(19)23)16-29(26,27)25(2)15-17-10-12-18(28-3)13-11-17/h4,6-13,24H,1,5,14-16H2,2-3H3. The van der Waals surface area contributed by atoms with Crippen LogP contribution >= 0.6 is 11.8 Å². The van der Waals surface area contributed by atoms with Gasteiger partial charge in [-0.3, -0.25) is 0 Å². The monoisotopic (exact) mass is 440 g/mol. The smallest absolute Gasteiger partial charge is 0.216 e. The number of sulfonamides is 1. The molecule has 0 saturated heterocycles. The number of hydrogen-bond acceptors (Lipinski definition) is 4. The Labute approximate surface area is 177 Å². The van der Waals surface area contributed by atoms with Gasteiger partial charge in [-0.05, 0) is 48.4 Å². The van der Waals surface area contributed by atoms with Crippen LogP contribution in [0, 0.1) is 5.82 Å². The van der Waals surface area contributed by atoms with Crippen LogP contribution in [-0.2, 0) is 22.1 Å². The van der Waals surface area contributed by atoms with Crippen molar-refractivity contribution < 1.29 is 17.5 Å². The van der Waals surface area contributed by atoms with E-state index in [1.807, 2.05) is 0 Å². The SMILES string of the molecule is C=CCCC(CS(=O)(=O)N(C)Cc1ccc(OC)cc1)(NCl)c1ccccc1F. The van der Waals surface area contributed by atoms with E-state index in [1.54, 1.807) is 55.7 Å². The van der Waals surface area contributed by atoms with E-state index in [2.05, 4.69) is 11.4 Å². The molecule has 0 aliphatic heterocycles. The Balaban J connectivity index is 2.31. The Hall–Kier alpha value is -1.93. The molecule has 0 fully saturated rings. The van der Waals surface area contributed by atoms with Gasteiger partial charge in [-0.1, -0.05) is 36.4 Å². The lowest BCUT2D eigenvalue weighted by Crippen LogP contribution is -2.47.